The minimum atomic E-state index is 0.186. The molecule has 7 aromatic carbocycles. The molecule has 0 aromatic heterocycles. The van der Waals surface area contributed by atoms with Gasteiger partial charge >= 0.3 is 0 Å². The second-order valence-electron chi connectivity index (χ2n) is 19.3. The van der Waals surface area contributed by atoms with Gasteiger partial charge in [-0.3, -0.25) is 0 Å². The molecule has 0 saturated heterocycles. The van der Waals surface area contributed by atoms with Crippen molar-refractivity contribution in [3.8, 4) is 44.5 Å². The van der Waals surface area contributed by atoms with Gasteiger partial charge in [0.05, 0.1) is 0 Å². The maximum Gasteiger partial charge on any atom is 0.0464 e. The minimum absolute atomic E-state index is 0.186. The third-order valence-corrected chi connectivity index (χ3v) is 16.5. The van der Waals surface area contributed by atoms with E-state index in [1.807, 2.05) is 0 Å². The lowest BCUT2D eigenvalue weighted by Crippen LogP contribution is -2.55. The number of hydrogen-bond donors (Lipinski definition) is 0. The number of benzene rings is 7. The van der Waals surface area contributed by atoms with Crippen LogP contribution in [0.5, 0.6) is 0 Å². The van der Waals surface area contributed by atoms with Gasteiger partial charge in [0.1, 0.15) is 0 Å². The zero-order valence-electron chi connectivity index (χ0n) is 34.1. The maximum absolute atomic E-state index is 2.62. The Labute approximate surface area is 349 Å². The van der Waals surface area contributed by atoms with Crippen LogP contribution in [0.25, 0.3) is 44.5 Å². The fourth-order valence-corrected chi connectivity index (χ4v) is 14.4. The van der Waals surface area contributed by atoms with Crippen molar-refractivity contribution in [1.29, 1.82) is 0 Å². The van der Waals surface area contributed by atoms with Crippen LogP contribution in [-0.2, 0) is 10.8 Å². The van der Waals surface area contributed by atoms with Crippen LogP contribution < -0.4 is 4.90 Å². The standard InChI is InChI=1S/C58H51N/c1-37-29-47(23-25-48(37)42-20-26-54-52(35-42)50-14-5-7-15-53(50)57(54)27-9-10-28-57)59(45-11-3-2-4-12-45)46-21-17-40(18-22-46)41-19-24-51-49-13-6-8-16-55(49)58(56(51)36-41)43-31-38-30-39(33-43)34-44(58)32-38/h2-8,11-26,29,35-36,38-39,43-44H,9-10,27-28,30-34H2,1H3. The van der Waals surface area contributed by atoms with Crippen molar-refractivity contribution in [2.75, 3.05) is 4.90 Å². The summed E-state index contributed by atoms with van der Waals surface area (Å²) in [5, 5.41) is 0. The predicted octanol–water partition coefficient (Wildman–Crippen LogP) is 15.4. The average Bonchev–Trinajstić information content (AvgIpc) is 3.96. The topological polar surface area (TPSA) is 3.24 Å². The monoisotopic (exact) mass is 761 g/mol. The molecular weight excluding hydrogens is 711 g/mol. The molecule has 0 heterocycles. The smallest absolute Gasteiger partial charge is 0.0464 e. The quantitative estimate of drug-likeness (QED) is 0.169. The highest BCUT2D eigenvalue weighted by atomic mass is 15.1. The normalized spacial score (nSPS) is 24.6. The van der Waals surface area contributed by atoms with E-state index in [9.17, 15) is 0 Å². The van der Waals surface area contributed by atoms with Gasteiger partial charge in [0, 0.05) is 27.9 Å². The molecule has 7 aliphatic carbocycles. The van der Waals surface area contributed by atoms with Crippen molar-refractivity contribution in [3.63, 3.8) is 0 Å². The van der Waals surface area contributed by atoms with E-state index >= 15 is 0 Å². The lowest BCUT2D eigenvalue weighted by atomic mass is 9.43. The number of anilines is 3. The fourth-order valence-electron chi connectivity index (χ4n) is 14.4. The highest BCUT2D eigenvalue weighted by Gasteiger charge is 2.61. The van der Waals surface area contributed by atoms with Gasteiger partial charge in [-0.15, -0.1) is 0 Å². The van der Waals surface area contributed by atoms with Gasteiger partial charge in [0.2, 0.25) is 0 Å². The third-order valence-electron chi connectivity index (χ3n) is 16.5. The second-order valence-corrected chi connectivity index (χ2v) is 19.3. The zero-order chi connectivity index (χ0) is 38.9. The molecule has 59 heavy (non-hydrogen) atoms. The first-order valence-electron chi connectivity index (χ1n) is 22.6. The number of para-hydroxylation sites is 1. The van der Waals surface area contributed by atoms with Crippen LogP contribution in [0.4, 0.5) is 17.1 Å². The van der Waals surface area contributed by atoms with Crippen LogP contribution in [0.2, 0.25) is 0 Å². The summed E-state index contributed by atoms with van der Waals surface area (Å²) in [6.07, 6.45) is 12.3. The lowest BCUT2D eigenvalue weighted by Gasteiger charge is -2.61. The number of fused-ring (bicyclic) bond motifs is 8. The summed E-state index contributed by atoms with van der Waals surface area (Å²) in [5.41, 5.74) is 22.7. The number of aryl methyl sites for hydroxylation is 1. The van der Waals surface area contributed by atoms with Gasteiger partial charge in [0.15, 0.2) is 0 Å². The zero-order valence-corrected chi connectivity index (χ0v) is 34.1. The summed E-state index contributed by atoms with van der Waals surface area (Å²) < 4.78 is 0. The molecule has 0 radical (unpaired) electrons. The molecule has 7 aliphatic rings. The van der Waals surface area contributed by atoms with Crippen LogP contribution in [0, 0.1) is 30.6 Å². The van der Waals surface area contributed by atoms with Gasteiger partial charge in [-0.05, 0) is 196 Å². The van der Waals surface area contributed by atoms with Crippen molar-refractivity contribution in [1.82, 2.24) is 0 Å². The number of hydrogen-bond acceptors (Lipinski definition) is 1. The molecule has 1 nitrogen and oxygen atoms in total. The van der Waals surface area contributed by atoms with Gasteiger partial charge in [0.25, 0.3) is 0 Å². The fraction of sp³-hybridized carbons (Fsp3) is 0.276. The average molecular weight is 762 g/mol. The molecule has 14 rings (SSSR count). The molecular formula is C58H51N. The largest absolute Gasteiger partial charge is 0.310 e. The molecule has 5 fully saturated rings. The molecule has 2 spiro atoms. The number of rotatable bonds is 5. The Morgan fingerprint density at radius 1 is 0.407 bits per heavy atom. The van der Waals surface area contributed by atoms with E-state index in [1.54, 1.807) is 22.3 Å². The SMILES string of the molecule is Cc1cc(N(c2ccccc2)c2ccc(-c3ccc4c(c3)C3(c5ccccc5-4)C4CC5CC(C4)CC3C5)cc2)ccc1-c1ccc2c(c1)-c1ccccc1C21CCCC1. The van der Waals surface area contributed by atoms with Crippen LogP contribution in [0.3, 0.4) is 0 Å². The van der Waals surface area contributed by atoms with Crippen molar-refractivity contribution < 1.29 is 0 Å². The molecule has 0 N–H and O–H groups in total. The Morgan fingerprint density at radius 3 is 1.69 bits per heavy atom. The van der Waals surface area contributed by atoms with Gasteiger partial charge in [-0.25, -0.2) is 0 Å². The molecule has 1 heteroatoms. The summed E-state index contributed by atoms with van der Waals surface area (Å²) >= 11 is 0. The van der Waals surface area contributed by atoms with Crippen molar-refractivity contribution in [2.24, 2.45) is 23.7 Å². The Hall–Kier alpha value is -5.66. The molecule has 0 amide bonds. The molecule has 288 valence electrons. The molecule has 0 aliphatic heterocycles. The van der Waals surface area contributed by atoms with Crippen LogP contribution in [0.15, 0.2) is 158 Å². The first-order chi connectivity index (χ1) is 29.1. The summed E-state index contributed by atoms with van der Waals surface area (Å²) in [7, 11) is 0. The maximum atomic E-state index is 2.62. The first-order valence-corrected chi connectivity index (χ1v) is 22.6. The summed E-state index contributed by atoms with van der Waals surface area (Å²) in [5.74, 6) is 3.45. The van der Waals surface area contributed by atoms with Gasteiger partial charge < -0.3 is 4.90 Å². The predicted molar refractivity (Wildman–Crippen MR) is 245 cm³/mol. The Kier molecular flexibility index (Phi) is 7.35. The van der Waals surface area contributed by atoms with Crippen LogP contribution in [-0.4, -0.2) is 0 Å². The molecule has 5 saturated carbocycles. The summed E-state index contributed by atoms with van der Waals surface area (Å²) in [6, 6.07) is 60.8. The molecule has 0 atom stereocenters. The first kappa shape index (κ1) is 34.2. The van der Waals surface area contributed by atoms with E-state index in [1.165, 1.54) is 125 Å². The Bertz CT molecular complexity index is 2770. The van der Waals surface area contributed by atoms with Gasteiger partial charge in [-0.1, -0.05) is 122 Å². The van der Waals surface area contributed by atoms with Crippen molar-refractivity contribution in [2.45, 2.75) is 75.5 Å². The molecule has 7 aromatic rings. The van der Waals surface area contributed by atoms with E-state index in [4.69, 9.17) is 0 Å². The summed E-state index contributed by atoms with van der Waals surface area (Å²) in [4.78, 5) is 2.42. The third kappa shape index (κ3) is 4.79. The highest BCUT2D eigenvalue weighted by Crippen LogP contribution is 2.69. The molecule has 0 unspecified atom stereocenters. The van der Waals surface area contributed by atoms with Gasteiger partial charge in [-0.2, -0.15) is 0 Å². The van der Waals surface area contributed by atoms with Crippen LogP contribution >= 0.6 is 0 Å². The van der Waals surface area contributed by atoms with E-state index < -0.39 is 0 Å². The van der Waals surface area contributed by atoms with Crippen molar-refractivity contribution in [3.05, 3.63) is 186 Å². The Balaban J connectivity index is 0.855. The number of nitrogens with zero attached hydrogens (tertiary/aromatic N) is 1. The minimum Gasteiger partial charge on any atom is -0.310 e. The highest BCUT2D eigenvalue weighted by molar-refractivity contribution is 5.88. The van der Waals surface area contributed by atoms with E-state index in [-0.39, 0.29) is 10.8 Å². The van der Waals surface area contributed by atoms with Crippen LogP contribution in [0.1, 0.15) is 85.6 Å². The summed E-state index contributed by atoms with van der Waals surface area (Å²) in [6.45, 7) is 2.28. The lowest BCUT2D eigenvalue weighted by molar-refractivity contribution is -0.0399. The second kappa shape index (κ2) is 12.7. The Morgan fingerprint density at radius 2 is 0.966 bits per heavy atom. The molecule has 4 bridgehead atoms. The van der Waals surface area contributed by atoms with Crippen molar-refractivity contribution >= 4 is 17.1 Å². The van der Waals surface area contributed by atoms with E-state index in [0.717, 1.165) is 23.7 Å². The van der Waals surface area contributed by atoms with E-state index in [0.29, 0.717) is 0 Å². The van der Waals surface area contributed by atoms with E-state index in [2.05, 4.69) is 170 Å².